The number of carbonyl (C=O) groups is 2. The predicted molar refractivity (Wildman–Crippen MR) is 81.9 cm³/mol. The van der Waals surface area contributed by atoms with Crippen LogP contribution in [-0.2, 0) is 14.3 Å². The summed E-state index contributed by atoms with van der Waals surface area (Å²) in [6.45, 7) is 9.15. The van der Waals surface area contributed by atoms with E-state index in [-0.39, 0.29) is 5.97 Å². The SMILES string of the molecule is C=CC[C@H](CC1(C(=O)O)CCCCC1)C(=O)OC(C)(C)C. The zero-order chi connectivity index (χ0) is 16.1. The van der Waals surface area contributed by atoms with Crippen LogP contribution in [0.1, 0.15) is 65.7 Å². The number of ether oxygens (including phenoxy) is 1. The van der Waals surface area contributed by atoms with Gasteiger partial charge in [0.25, 0.3) is 0 Å². The van der Waals surface area contributed by atoms with E-state index in [9.17, 15) is 14.7 Å². The minimum atomic E-state index is -0.778. The number of esters is 1. The molecule has 0 amide bonds. The Morgan fingerprint density at radius 3 is 2.29 bits per heavy atom. The van der Waals surface area contributed by atoms with Crippen molar-refractivity contribution in [3.8, 4) is 0 Å². The first-order valence-corrected chi connectivity index (χ1v) is 7.77. The molecule has 0 spiro atoms. The maximum Gasteiger partial charge on any atom is 0.309 e. The Bertz CT molecular complexity index is 386. The number of carboxylic acid groups (broad SMARTS) is 1. The van der Waals surface area contributed by atoms with Gasteiger partial charge in [-0.2, -0.15) is 0 Å². The van der Waals surface area contributed by atoms with Crippen LogP contribution < -0.4 is 0 Å². The van der Waals surface area contributed by atoms with Crippen LogP contribution in [0, 0.1) is 11.3 Å². The van der Waals surface area contributed by atoms with Crippen LogP contribution in [0.25, 0.3) is 0 Å². The standard InChI is InChI=1S/C17H28O4/c1-5-9-13(14(18)21-16(2,3)4)12-17(15(19)20)10-7-6-8-11-17/h5,13H,1,6-12H2,2-4H3,(H,19,20)/t13-/m1/s1. The van der Waals surface area contributed by atoms with Crippen LogP contribution in [-0.4, -0.2) is 22.6 Å². The Balaban J connectivity index is 2.86. The van der Waals surface area contributed by atoms with Gasteiger partial charge in [0, 0.05) is 0 Å². The van der Waals surface area contributed by atoms with Crippen molar-refractivity contribution in [3.63, 3.8) is 0 Å². The van der Waals surface area contributed by atoms with Gasteiger partial charge in [-0.1, -0.05) is 25.3 Å². The van der Waals surface area contributed by atoms with Gasteiger partial charge in [-0.05, 0) is 46.5 Å². The van der Waals surface area contributed by atoms with Crippen molar-refractivity contribution in [2.75, 3.05) is 0 Å². The van der Waals surface area contributed by atoms with E-state index in [4.69, 9.17) is 4.74 Å². The summed E-state index contributed by atoms with van der Waals surface area (Å²) < 4.78 is 5.44. The molecule has 1 N–H and O–H groups in total. The summed E-state index contributed by atoms with van der Waals surface area (Å²) in [6.07, 6.45) is 6.70. The average Bonchev–Trinajstić information content (AvgIpc) is 2.37. The number of carboxylic acids is 1. The highest BCUT2D eigenvalue weighted by Crippen LogP contribution is 2.43. The zero-order valence-electron chi connectivity index (χ0n) is 13.5. The molecule has 0 unspecified atom stereocenters. The van der Waals surface area contributed by atoms with Crippen molar-refractivity contribution in [1.82, 2.24) is 0 Å². The number of rotatable bonds is 6. The molecule has 0 radical (unpaired) electrons. The van der Waals surface area contributed by atoms with Gasteiger partial charge in [0.1, 0.15) is 5.60 Å². The molecule has 4 heteroatoms. The lowest BCUT2D eigenvalue weighted by Gasteiger charge is -2.36. The van der Waals surface area contributed by atoms with Crippen LogP contribution in [0.4, 0.5) is 0 Å². The van der Waals surface area contributed by atoms with Crippen LogP contribution in [0.5, 0.6) is 0 Å². The van der Waals surface area contributed by atoms with E-state index in [1.165, 1.54) is 0 Å². The minimum absolute atomic E-state index is 0.311. The van der Waals surface area contributed by atoms with E-state index in [1.54, 1.807) is 6.08 Å². The summed E-state index contributed by atoms with van der Waals surface area (Å²) in [5.74, 6) is -1.51. The third-order valence-corrected chi connectivity index (χ3v) is 4.09. The quantitative estimate of drug-likeness (QED) is 0.595. The van der Waals surface area contributed by atoms with Crippen LogP contribution in [0.3, 0.4) is 0 Å². The van der Waals surface area contributed by atoms with Gasteiger partial charge in [-0.25, -0.2) is 0 Å². The van der Waals surface area contributed by atoms with Crippen molar-refractivity contribution >= 4 is 11.9 Å². The third kappa shape index (κ3) is 5.18. The molecule has 120 valence electrons. The fourth-order valence-electron chi connectivity index (χ4n) is 3.05. The number of carbonyl (C=O) groups excluding carboxylic acids is 1. The second-order valence-corrected chi connectivity index (χ2v) is 7.11. The predicted octanol–water partition coefficient (Wildman–Crippen LogP) is 3.95. The summed E-state index contributed by atoms with van der Waals surface area (Å²) in [5, 5.41) is 9.64. The van der Waals surface area contributed by atoms with E-state index in [2.05, 4.69) is 6.58 Å². The van der Waals surface area contributed by atoms with Gasteiger partial charge in [0.15, 0.2) is 0 Å². The molecular weight excluding hydrogens is 268 g/mol. The molecule has 0 aliphatic heterocycles. The van der Waals surface area contributed by atoms with Gasteiger partial charge in [0.05, 0.1) is 11.3 Å². The van der Waals surface area contributed by atoms with Crippen LogP contribution in [0.15, 0.2) is 12.7 Å². The van der Waals surface area contributed by atoms with Gasteiger partial charge in [-0.15, -0.1) is 6.58 Å². The molecule has 1 rings (SSSR count). The Morgan fingerprint density at radius 2 is 1.86 bits per heavy atom. The number of aliphatic carboxylic acids is 1. The van der Waals surface area contributed by atoms with Crippen molar-refractivity contribution in [2.45, 2.75) is 71.3 Å². The van der Waals surface area contributed by atoms with E-state index in [0.717, 1.165) is 19.3 Å². The second-order valence-electron chi connectivity index (χ2n) is 7.11. The maximum atomic E-state index is 12.3. The lowest BCUT2D eigenvalue weighted by Crippen LogP contribution is -2.38. The highest BCUT2D eigenvalue weighted by molar-refractivity contribution is 5.78. The maximum absolute atomic E-state index is 12.3. The highest BCUT2D eigenvalue weighted by atomic mass is 16.6. The number of allylic oxidation sites excluding steroid dienone is 1. The van der Waals surface area contributed by atoms with E-state index in [0.29, 0.717) is 25.7 Å². The molecule has 0 bridgehead atoms. The lowest BCUT2D eigenvalue weighted by molar-refractivity contribution is -0.163. The Hall–Kier alpha value is -1.32. The average molecular weight is 296 g/mol. The number of hydrogen-bond acceptors (Lipinski definition) is 3. The summed E-state index contributed by atoms with van der Waals surface area (Å²) in [7, 11) is 0. The molecule has 0 aromatic carbocycles. The van der Waals surface area contributed by atoms with Gasteiger partial charge in [0.2, 0.25) is 0 Å². The Labute approximate surface area is 127 Å². The summed E-state index contributed by atoms with van der Waals surface area (Å²) in [6, 6.07) is 0. The fourth-order valence-corrected chi connectivity index (χ4v) is 3.05. The zero-order valence-corrected chi connectivity index (χ0v) is 13.5. The monoisotopic (exact) mass is 296 g/mol. The largest absolute Gasteiger partial charge is 0.481 e. The van der Waals surface area contributed by atoms with Crippen LogP contribution >= 0.6 is 0 Å². The first-order valence-electron chi connectivity index (χ1n) is 7.77. The molecule has 1 saturated carbocycles. The smallest absolute Gasteiger partial charge is 0.309 e. The summed E-state index contributed by atoms with van der Waals surface area (Å²) in [5.41, 5.74) is -1.33. The van der Waals surface area contributed by atoms with Crippen molar-refractivity contribution < 1.29 is 19.4 Å². The van der Waals surface area contributed by atoms with Crippen molar-refractivity contribution in [1.29, 1.82) is 0 Å². The Morgan fingerprint density at radius 1 is 1.29 bits per heavy atom. The number of hydrogen-bond donors (Lipinski definition) is 1. The molecule has 0 aromatic heterocycles. The molecule has 1 aliphatic carbocycles. The van der Waals surface area contributed by atoms with E-state index >= 15 is 0 Å². The topological polar surface area (TPSA) is 63.6 Å². The first-order chi connectivity index (χ1) is 9.70. The molecule has 0 heterocycles. The summed E-state index contributed by atoms with van der Waals surface area (Å²) in [4.78, 5) is 24.1. The molecule has 0 saturated heterocycles. The highest BCUT2D eigenvalue weighted by Gasteiger charge is 2.43. The van der Waals surface area contributed by atoms with Crippen molar-refractivity contribution in [2.24, 2.45) is 11.3 Å². The first kappa shape index (κ1) is 17.7. The van der Waals surface area contributed by atoms with Gasteiger partial charge >= 0.3 is 11.9 Å². The molecule has 0 aromatic rings. The normalized spacial score (nSPS) is 19.6. The fraction of sp³-hybridized carbons (Fsp3) is 0.765. The van der Waals surface area contributed by atoms with Crippen LogP contribution in [0.2, 0.25) is 0 Å². The summed E-state index contributed by atoms with van der Waals surface area (Å²) >= 11 is 0. The third-order valence-electron chi connectivity index (χ3n) is 4.09. The van der Waals surface area contributed by atoms with E-state index < -0.39 is 22.9 Å². The molecule has 1 aliphatic rings. The second kappa shape index (κ2) is 7.10. The molecule has 1 atom stereocenters. The lowest BCUT2D eigenvalue weighted by atomic mass is 9.68. The van der Waals surface area contributed by atoms with Gasteiger partial charge < -0.3 is 9.84 Å². The molecule has 4 nitrogen and oxygen atoms in total. The van der Waals surface area contributed by atoms with Gasteiger partial charge in [-0.3, -0.25) is 9.59 Å². The minimum Gasteiger partial charge on any atom is -0.481 e. The Kier molecular flexibility index (Phi) is 5.99. The molecule has 1 fully saturated rings. The molecular formula is C17H28O4. The van der Waals surface area contributed by atoms with Crippen molar-refractivity contribution in [3.05, 3.63) is 12.7 Å². The molecule has 21 heavy (non-hydrogen) atoms. The van der Waals surface area contributed by atoms with E-state index in [1.807, 2.05) is 20.8 Å².